The number of aromatic nitrogens is 2. The Labute approximate surface area is 183 Å². The molecule has 0 saturated heterocycles. The van der Waals surface area contributed by atoms with Crippen LogP contribution < -0.4 is 14.8 Å². The van der Waals surface area contributed by atoms with Crippen LogP contribution in [0.15, 0.2) is 42.6 Å². The van der Waals surface area contributed by atoms with Crippen molar-refractivity contribution in [1.82, 2.24) is 9.97 Å². The van der Waals surface area contributed by atoms with Gasteiger partial charge in [0.15, 0.2) is 11.6 Å². The van der Waals surface area contributed by atoms with Crippen LogP contribution in [-0.4, -0.2) is 22.5 Å². The lowest BCUT2D eigenvalue weighted by molar-refractivity contribution is 0.102. The number of hydrogen-bond donors (Lipinski definition) is 1. The fourth-order valence-electron chi connectivity index (χ4n) is 2.50. The van der Waals surface area contributed by atoms with Crippen molar-refractivity contribution in [3.8, 4) is 17.6 Å². The summed E-state index contributed by atoms with van der Waals surface area (Å²) in [5.41, 5.74) is 0.611. The molecule has 1 amide bonds. The van der Waals surface area contributed by atoms with Gasteiger partial charge in [-0.05, 0) is 49.7 Å². The maximum Gasteiger partial charge on any atom is 0.268 e. The largest absolute Gasteiger partial charge is 0.490 e. The number of carbonyl (C=O) groups is 1. The Hall–Kier alpha value is -3.15. The van der Waals surface area contributed by atoms with E-state index in [1.165, 1.54) is 11.3 Å². The van der Waals surface area contributed by atoms with Gasteiger partial charge in [0, 0.05) is 17.6 Å². The van der Waals surface area contributed by atoms with E-state index < -0.39 is 0 Å². The quantitative estimate of drug-likeness (QED) is 0.467. The first-order valence-corrected chi connectivity index (χ1v) is 10.4. The number of pyridine rings is 1. The van der Waals surface area contributed by atoms with Crippen LogP contribution in [0.3, 0.4) is 0 Å². The number of nitrogens with one attached hydrogen (secondary N) is 1. The van der Waals surface area contributed by atoms with Gasteiger partial charge in [0.1, 0.15) is 22.2 Å². The maximum absolute atomic E-state index is 12.8. The first kappa shape index (κ1) is 21.6. The summed E-state index contributed by atoms with van der Waals surface area (Å²) in [5.74, 6) is 1.14. The van der Waals surface area contributed by atoms with Crippen molar-refractivity contribution in [2.75, 3.05) is 11.9 Å². The summed E-state index contributed by atoms with van der Waals surface area (Å²) in [4.78, 5) is 21.8. The van der Waals surface area contributed by atoms with E-state index in [0.717, 1.165) is 0 Å². The molecule has 0 atom stereocenters. The van der Waals surface area contributed by atoms with Crippen molar-refractivity contribution in [2.45, 2.75) is 26.4 Å². The van der Waals surface area contributed by atoms with Gasteiger partial charge in [-0.3, -0.25) is 4.79 Å². The highest BCUT2D eigenvalue weighted by Crippen LogP contribution is 2.25. The Balaban J connectivity index is 1.63. The van der Waals surface area contributed by atoms with Gasteiger partial charge in [-0.2, -0.15) is 5.26 Å². The van der Waals surface area contributed by atoms with Gasteiger partial charge in [-0.1, -0.05) is 11.6 Å². The summed E-state index contributed by atoms with van der Waals surface area (Å²) in [6.07, 6.45) is 2.58. The second-order valence-corrected chi connectivity index (χ2v) is 7.70. The minimum absolute atomic E-state index is 0.247. The summed E-state index contributed by atoms with van der Waals surface area (Å²) in [5, 5.41) is 12.7. The zero-order valence-corrected chi connectivity index (χ0v) is 17.8. The number of anilines is 1. The van der Waals surface area contributed by atoms with Crippen molar-refractivity contribution in [2.24, 2.45) is 0 Å². The molecule has 30 heavy (non-hydrogen) atoms. The highest BCUT2D eigenvalue weighted by atomic mass is 35.5. The second-order valence-electron chi connectivity index (χ2n) is 6.18. The molecule has 154 valence electrons. The molecule has 1 N–H and O–H groups in total. The van der Waals surface area contributed by atoms with Gasteiger partial charge >= 0.3 is 0 Å². The Bertz CT molecular complexity index is 1050. The summed E-state index contributed by atoms with van der Waals surface area (Å²) in [6, 6.07) is 12.5. The number of halogens is 1. The summed E-state index contributed by atoms with van der Waals surface area (Å²) < 4.78 is 11.3. The highest BCUT2D eigenvalue weighted by Gasteiger charge is 2.18. The molecular weight excluding hydrogens is 424 g/mol. The molecule has 9 heteroatoms. The minimum atomic E-state index is -0.316. The van der Waals surface area contributed by atoms with Crippen LogP contribution in [0.1, 0.15) is 33.2 Å². The Morgan fingerprint density at radius 3 is 2.83 bits per heavy atom. The zero-order chi connectivity index (χ0) is 21.3. The van der Waals surface area contributed by atoms with Crippen LogP contribution in [0.2, 0.25) is 5.02 Å². The van der Waals surface area contributed by atoms with Crippen LogP contribution in [0.4, 0.5) is 5.82 Å². The fourth-order valence-corrected chi connectivity index (χ4v) is 3.50. The minimum Gasteiger partial charge on any atom is -0.490 e. The van der Waals surface area contributed by atoms with Gasteiger partial charge in [0.25, 0.3) is 5.91 Å². The molecule has 7 nitrogen and oxygen atoms in total. The topological polar surface area (TPSA) is 97.1 Å². The molecular formula is C21H19ClN4O3S. The number of rotatable bonds is 9. The Morgan fingerprint density at radius 1 is 1.27 bits per heavy atom. The summed E-state index contributed by atoms with van der Waals surface area (Å²) in [6.45, 7) is 2.39. The average Bonchev–Trinajstić information content (AvgIpc) is 3.12. The zero-order valence-electron chi connectivity index (χ0n) is 16.2. The van der Waals surface area contributed by atoms with Gasteiger partial charge < -0.3 is 14.8 Å². The fraction of sp³-hybridized carbons (Fsp3) is 0.238. The van der Waals surface area contributed by atoms with Crippen molar-refractivity contribution in [3.63, 3.8) is 0 Å². The number of aryl methyl sites for hydroxylation is 1. The van der Waals surface area contributed by atoms with E-state index in [1.807, 2.05) is 0 Å². The predicted molar refractivity (Wildman–Crippen MR) is 115 cm³/mol. The third kappa shape index (κ3) is 5.92. The summed E-state index contributed by atoms with van der Waals surface area (Å²) in [7, 11) is 0. The molecule has 0 aliphatic carbocycles. The molecule has 0 fully saturated rings. The van der Waals surface area contributed by atoms with Crippen LogP contribution in [0.5, 0.6) is 11.5 Å². The van der Waals surface area contributed by atoms with Crippen LogP contribution in [-0.2, 0) is 6.61 Å². The summed E-state index contributed by atoms with van der Waals surface area (Å²) >= 11 is 7.13. The Kier molecular flexibility index (Phi) is 7.60. The van der Waals surface area contributed by atoms with E-state index in [1.54, 1.807) is 49.5 Å². The van der Waals surface area contributed by atoms with Gasteiger partial charge in [-0.15, -0.1) is 11.3 Å². The lowest BCUT2D eigenvalue weighted by atomic mass is 10.3. The van der Waals surface area contributed by atoms with E-state index in [2.05, 4.69) is 21.4 Å². The standard InChI is InChI=1S/C21H19ClN4O3S/c1-14-19(30-18(25-14)13-29-16-8-6-15(22)7-9-16)21(27)26-20-17(5-4-11-24-20)28-12-3-2-10-23/h4-9,11H,2-3,12-13H2,1H3,(H,24,26,27). The Morgan fingerprint density at radius 2 is 2.07 bits per heavy atom. The third-order valence-electron chi connectivity index (χ3n) is 3.92. The number of nitrogens with zero attached hydrogens (tertiary/aromatic N) is 3. The molecule has 1 aromatic carbocycles. The van der Waals surface area contributed by atoms with E-state index in [-0.39, 0.29) is 12.5 Å². The van der Waals surface area contributed by atoms with Crippen molar-refractivity contribution in [3.05, 3.63) is 63.2 Å². The monoisotopic (exact) mass is 442 g/mol. The number of amides is 1. The van der Waals surface area contributed by atoms with Crippen molar-refractivity contribution < 1.29 is 14.3 Å². The highest BCUT2D eigenvalue weighted by molar-refractivity contribution is 7.13. The molecule has 0 aliphatic rings. The van der Waals surface area contributed by atoms with Crippen LogP contribution >= 0.6 is 22.9 Å². The molecule has 0 radical (unpaired) electrons. The SMILES string of the molecule is Cc1nc(COc2ccc(Cl)cc2)sc1C(=O)Nc1ncccc1OCCCC#N. The predicted octanol–water partition coefficient (Wildman–Crippen LogP) is 5.01. The molecule has 0 unspecified atom stereocenters. The smallest absolute Gasteiger partial charge is 0.268 e. The maximum atomic E-state index is 12.8. The molecule has 0 aliphatic heterocycles. The molecule has 2 heterocycles. The van der Waals surface area contributed by atoms with E-state index in [4.69, 9.17) is 26.3 Å². The average molecular weight is 443 g/mol. The van der Waals surface area contributed by atoms with Crippen LogP contribution in [0.25, 0.3) is 0 Å². The number of benzene rings is 1. The first-order valence-electron chi connectivity index (χ1n) is 9.17. The molecule has 2 aromatic heterocycles. The number of unbranched alkanes of at least 4 members (excludes halogenated alkanes) is 1. The second kappa shape index (κ2) is 10.6. The number of ether oxygens (including phenoxy) is 2. The normalized spacial score (nSPS) is 10.3. The molecule has 3 rings (SSSR count). The van der Waals surface area contributed by atoms with Gasteiger partial charge in [-0.25, -0.2) is 9.97 Å². The van der Waals surface area contributed by atoms with Gasteiger partial charge in [0.05, 0.1) is 18.4 Å². The van der Waals surface area contributed by atoms with E-state index in [0.29, 0.717) is 57.4 Å². The molecule has 0 saturated carbocycles. The first-order chi connectivity index (χ1) is 14.6. The third-order valence-corrected chi connectivity index (χ3v) is 5.30. The van der Waals surface area contributed by atoms with E-state index in [9.17, 15) is 4.79 Å². The van der Waals surface area contributed by atoms with Crippen molar-refractivity contribution in [1.29, 1.82) is 5.26 Å². The molecule has 3 aromatic rings. The van der Waals surface area contributed by atoms with Gasteiger partial charge in [0.2, 0.25) is 0 Å². The van der Waals surface area contributed by atoms with Crippen LogP contribution in [0, 0.1) is 18.3 Å². The van der Waals surface area contributed by atoms with E-state index >= 15 is 0 Å². The lowest BCUT2D eigenvalue weighted by Gasteiger charge is -2.10. The number of thiazole rings is 1. The van der Waals surface area contributed by atoms with Crippen molar-refractivity contribution >= 4 is 34.7 Å². The number of hydrogen-bond acceptors (Lipinski definition) is 7. The number of carbonyl (C=O) groups excluding carboxylic acids is 1. The molecule has 0 spiro atoms. The lowest BCUT2D eigenvalue weighted by Crippen LogP contribution is -2.14. The number of nitriles is 1. The molecule has 0 bridgehead atoms.